The Morgan fingerprint density at radius 3 is 2.64 bits per heavy atom. The van der Waals surface area contributed by atoms with E-state index in [1.807, 2.05) is 0 Å². The van der Waals surface area contributed by atoms with Crippen LogP contribution in [-0.2, 0) is 4.74 Å². The molecule has 0 saturated carbocycles. The van der Waals surface area contributed by atoms with Crippen molar-refractivity contribution in [2.45, 2.75) is 20.8 Å². The van der Waals surface area contributed by atoms with Gasteiger partial charge in [0.15, 0.2) is 0 Å². The van der Waals surface area contributed by atoms with Crippen molar-refractivity contribution in [2.75, 3.05) is 19.8 Å². The van der Waals surface area contributed by atoms with Gasteiger partial charge in [0.2, 0.25) is 0 Å². The number of ether oxygens (including phenoxy) is 1. The number of hydrogen-bond acceptors (Lipinski definition) is 2. The van der Waals surface area contributed by atoms with Crippen molar-refractivity contribution < 1.29 is 4.74 Å². The van der Waals surface area contributed by atoms with Gasteiger partial charge in [-0.2, -0.15) is 0 Å². The second kappa shape index (κ2) is 6.16. The van der Waals surface area contributed by atoms with Gasteiger partial charge in [0.05, 0.1) is 19.0 Å². The maximum atomic E-state index is 5.33. The molecule has 0 atom stereocenters. The van der Waals surface area contributed by atoms with E-state index in [1.54, 1.807) is 6.92 Å². The van der Waals surface area contributed by atoms with Crippen LogP contribution >= 0.6 is 0 Å². The van der Waals surface area contributed by atoms with Gasteiger partial charge < -0.3 is 10.5 Å². The first-order valence-corrected chi connectivity index (χ1v) is 3.97. The summed E-state index contributed by atoms with van der Waals surface area (Å²) in [6.07, 6.45) is 0. The molecule has 0 rings (SSSR count). The van der Waals surface area contributed by atoms with Gasteiger partial charge in [0, 0.05) is 6.61 Å². The molecule has 11 heavy (non-hydrogen) atoms. The predicted octanol–water partition coefficient (Wildman–Crippen LogP) is 1.04. The van der Waals surface area contributed by atoms with Gasteiger partial charge in [-0.3, -0.25) is 4.99 Å². The van der Waals surface area contributed by atoms with Crippen molar-refractivity contribution in [1.29, 1.82) is 0 Å². The highest BCUT2D eigenvalue weighted by Crippen LogP contribution is 1.91. The quantitative estimate of drug-likeness (QED) is 0.369. The van der Waals surface area contributed by atoms with Gasteiger partial charge in [-0.05, 0) is 12.8 Å². The largest absolute Gasteiger partial charge is 0.388 e. The summed E-state index contributed by atoms with van der Waals surface area (Å²) in [4.78, 5) is 3.99. The Kier molecular flexibility index (Phi) is 5.84. The second-order valence-electron chi connectivity index (χ2n) is 2.99. The molecule has 0 fully saturated rings. The second-order valence-corrected chi connectivity index (χ2v) is 2.99. The van der Waals surface area contributed by atoms with E-state index in [4.69, 9.17) is 10.5 Å². The Morgan fingerprint density at radius 2 is 2.18 bits per heavy atom. The van der Waals surface area contributed by atoms with Crippen LogP contribution in [0, 0.1) is 5.92 Å². The zero-order valence-electron chi connectivity index (χ0n) is 7.63. The molecule has 0 aromatic rings. The monoisotopic (exact) mass is 158 g/mol. The highest BCUT2D eigenvalue weighted by atomic mass is 16.5. The molecule has 0 amide bonds. The standard InChI is InChI=1S/C8H18N2O/c1-7(2)6-11-5-4-10-8(3)9/h7H,4-6H2,1-3H3,(H2,9,10). The molecule has 3 nitrogen and oxygen atoms in total. The number of nitrogens with two attached hydrogens (primary N) is 1. The summed E-state index contributed by atoms with van der Waals surface area (Å²) in [5, 5.41) is 0. The Labute approximate surface area is 68.6 Å². The predicted molar refractivity (Wildman–Crippen MR) is 47.8 cm³/mol. The van der Waals surface area contributed by atoms with Crippen LogP contribution in [0.1, 0.15) is 20.8 Å². The molecule has 0 aromatic heterocycles. The average Bonchev–Trinajstić information content (AvgIpc) is 1.85. The lowest BCUT2D eigenvalue weighted by Crippen LogP contribution is -2.10. The van der Waals surface area contributed by atoms with E-state index in [2.05, 4.69) is 18.8 Å². The normalized spacial score (nSPS) is 12.5. The first kappa shape index (κ1) is 10.4. The van der Waals surface area contributed by atoms with Crippen LogP contribution in [0.3, 0.4) is 0 Å². The van der Waals surface area contributed by atoms with Gasteiger partial charge in [-0.25, -0.2) is 0 Å². The van der Waals surface area contributed by atoms with Crippen LogP contribution in [0.5, 0.6) is 0 Å². The van der Waals surface area contributed by atoms with E-state index < -0.39 is 0 Å². The molecule has 0 aliphatic heterocycles. The Bertz CT molecular complexity index is 117. The highest BCUT2D eigenvalue weighted by molar-refractivity contribution is 5.77. The molecule has 0 saturated heterocycles. The molecule has 3 heteroatoms. The van der Waals surface area contributed by atoms with Crippen LogP contribution in [0.25, 0.3) is 0 Å². The molecular weight excluding hydrogens is 140 g/mol. The maximum absolute atomic E-state index is 5.33. The minimum Gasteiger partial charge on any atom is -0.388 e. The maximum Gasteiger partial charge on any atom is 0.0906 e. The Balaban J connectivity index is 3.09. The molecule has 0 bridgehead atoms. The summed E-state index contributed by atoms with van der Waals surface area (Å²) in [6, 6.07) is 0. The van der Waals surface area contributed by atoms with Crippen molar-refractivity contribution in [2.24, 2.45) is 16.6 Å². The summed E-state index contributed by atoms with van der Waals surface area (Å²) in [5.41, 5.74) is 5.33. The summed E-state index contributed by atoms with van der Waals surface area (Å²) >= 11 is 0. The van der Waals surface area contributed by atoms with Crippen molar-refractivity contribution in [3.63, 3.8) is 0 Å². The molecule has 2 N–H and O–H groups in total. The molecule has 0 unspecified atom stereocenters. The third-order valence-electron chi connectivity index (χ3n) is 1.05. The summed E-state index contributed by atoms with van der Waals surface area (Å²) in [5.74, 6) is 1.22. The molecule has 0 aromatic carbocycles. The number of nitrogens with zero attached hydrogens (tertiary/aromatic N) is 1. The third-order valence-corrected chi connectivity index (χ3v) is 1.05. The van der Waals surface area contributed by atoms with Crippen molar-refractivity contribution >= 4 is 5.84 Å². The molecule has 0 aliphatic rings. The summed E-state index contributed by atoms with van der Waals surface area (Å²) in [7, 11) is 0. The van der Waals surface area contributed by atoms with E-state index in [0.717, 1.165) is 6.61 Å². The van der Waals surface area contributed by atoms with Gasteiger partial charge in [0.1, 0.15) is 0 Å². The van der Waals surface area contributed by atoms with Crippen LogP contribution in [0.2, 0.25) is 0 Å². The van der Waals surface area contributed by atoms with E-state index in [1.165, 1.54) is 0 Å². The van der Waals surface area contributed by atoms with Gasteiger partial charge in [-0.15, -0.1) is 0 Å². The van der Waals surface area contributed by atoms with E-state index >= 15 is 0 Å². The van der Waals surface area contributed by atoms with Gasteiger partial charge >= 0.3 is 0 Å². The molecule has 0 radical (unpaired) electrons. The fraction of sp³-hybridized carbons (Fsp3) is 0.875. The zero-order valence-corrected chi connectivity index (χ0v) is 7.63. The van der Waals surface area contributed by atoms with Crippen LogP contribution in [-0.4, -0.2) is 25.6 Å². The zero-order chi connectivity index (χ0) is 8.69. The Hall–Kier alpha value is -0.570. The van der Waals surface area contributed by atoms with Crippen LogP contribution in [0.15, 0.2) is 4.99 Å². The average molecular weight is 158 g/mol. The van der Waals surface area contributed by atoms with Gasteiger partial charge in [0.25, 0.3) is 0 Å². The summed E-state index contributed by atoms with van der Waals surface area (Å²) < 4.78 is 5.28. The minimum absolute atomic E-state index is 0.595. The molecule has 0 heterocycles. The van der Waals surface area contributed by atoms with Crippen molar-refractivity contribution in [3.05, 3.63) is 0 Å². The van der Waals surface area contributed by atoms with Crippen LogP contribution in [0.4, 0.5) is 0 Å². The topological polar surface area (TPSA) is 47.6 Å². The smallest absolute Gasteiger partial charge is 0.0906 e. The van der Waals surface area contributed by atoms with Crippen molar-refractivity contribution in [1.82, 2.24) is 0 Å². The third kappa shape index (κ3) is 9.43. The van der Waals surface area contributed by atoms with Crippen molar-refractivity contribution in [3.8, 4) is 0 Å². The van der Waals surface area contributed by atoms with Gasteiger partial charge in [-0.1, -0.05) is 13.8 Å². The molecular formula is C8H18N2O. The number of aliphatic imine (C=N–C) groups is 1. The Morgan fingerprint density at radius 1 is 1.55 bits per heavy atom. The number of amidine groups is 1. The first-order valence-electron chi connectivity index (χ1n) is 3.97. The van der Waals surface area contributed by atoms with Crippen LogP contribution < -0.4 is 5.73 Å². The number of hydrogen-bond donors (Lipinski definition) is 1. The minimum atomic E-state index is 0.595. The van der Waals surface area contributed by atoms with E-state index in [9.17, 15) is 0 Å². The lowest BCUT2D eigenvalue weighted by Gasteiger charge is -2.04. The molecule has 66 valence electrons. The fourth-order valence-electron chi connectivity index (χ4n) is 0.606. The first-order chi connectivity index (χ1) is 5.13. The molecule has 0 aliphatic carbocycles. The lowest BCUT2D eigenvalue weighted by atomic mass is 10.2. The fourth-order valence-corrected chi connectivity index (χ4v) is 0.606. The highest BCUT2D eigenvalue weighted by Gasteiger charge is 1.91. The molecule has 0 spiro atoms. The summed E-state index contributed by atoms with van der Waals surface area (Å²) in [6.45, 7) is 8.18. The SMILES string of the molecule is CC(N)=NCCOCC(C)C. The lowest BCUT2D eigenvalue weighted by molar-refractivity contribution is 0.117. The number of rotatable bonds is 5. The van der Waals surface area contributed by atoms with E-state index in [-0.39, 0.29) is 0 Å². The van der Waals surface area contributed by atoms with E-state index in [0.29, 0.717) is 24.9 Å².